The van der Waals surface area contributed by atoms with Crippen molar-refractivity contribution in [1.82, 2.24) is 14.5 Å². The highest BCUT2D eigenvalue weighted by molar-refractivity contribution is 5.95. The van der Waals surface area contributed by atoms with Crippen molar-refractivity contribution >= 4 is 11.0 Å². The number of nitrogens with one attached hydrogen (secondary N) is 1. The summed E-state index contributed by atoms with van der Waals surface area (Å²) in [6.07, 6.45) is 3.25. The first-order valence-corrected chi connectivity index (χ1v) is 7.43. The first-order valence-electron chi connectivity index (χ1n) is 7.43. The highest BCUT2D eigenvalue weighted by Crippen LogP contribution is 2.31. The largest absolute Gasteiger partial charge is 0.311 e. The molecule has 5 heteroatoms. The lowest BCUT2D eigenvalue weighted by molar-refractivity contribution is 1.08. The van der Waals surface area contributed by atoms with Crippen LogP contribution in [0, 0.1) is 11.3 Å². The molecule has 4 rings (SSSR count). The molecule has 114 valence electrons. The predicted molar refractivity (Wildman–Crippen MR) is 91.8 cm³/mol. The third-order valence-corrected chi connectivity index (χ3v) is 3.95. The zero-order chi connectivity index (χ0) is 16.5. The summed E-state index contributed by atoms with van der Waals surface area (Å²) in [6, 6.07) is 19.1. The molecule has 0 bridgehead atoms. The Balaban J connectivity index is 2.11. The smallest absolute Gasteiger partial charge is 0.275 e. The van der Waals surface area contributed by atoms with Crippen LogP contribution < -0.4 is 5.56 Å². The molecule has 4 aromatic rings. The molecule has 0 unspecified atom stereocenters. The molecule has 2 heterocycles. The third kappa shape index (κ3) is 2.09. The lowest BCUT2D eigenvalue weighted by Gasteiger charge is -2.03. The fraction of sp³-hybridized carbons (Fsp3) is 0. The highest BCUT2D eigenvalue weighted by Gasteiger charge is 2.17. The lowest BCUT2D eigenvalue weighted by Crippen LogP contribution is -2.09. The van der Waals surface area contributed by atoms with Gasteiger partial charge in [0.25, 0.3) is 5.56 Å². The minimum Gasteiger partial charge on any atom is -0.311 e. The molecular formula is C19H12N4O. The Morgan fingerprint density at radius 2 is 1.75 bits per heavy atom. The molecule has 1 N–H and O–H groups in total. The molecule has 0 amide bonds. The van der Waals surface area contributed by atoms with E-state index in [-0.39, 0.29) is 5.56 Å². The maximum atomic E-state index is 12.4. The van der Waals surface area contributed by atoms with Gasteiger partial charge >= 0.3 is 0 Å². The molecule has 24 heavy (non-hydrogen) atoms. The standard InChI is InChI=1S/C19H12N4O/c20-10-13-6-4-5-9-15(13)16-11-23(14-7-2-1-3-8-14)18-17(16)21-12-22-19(18)24/h1-9,11-12H,(H,21,22,24). The van der Waals surface area contributed by atoms with Crippen LogP contribution in [0.4, 0.5) is 0 Å². The van der Waals surface area contributed by atoms with Crippen molar-refractivity contribution in [3.8, 4) is 22.9 Å². The van der Waals surface area contributed by atoms with E-state index in [1.54, 1.807) is 6.07 Å². The summed E-state index contributed by atoms with van der Waals surface area (Å²) in [5.41, 5.74) is 3.75. The van der Waals surface area contributed by atoms with E-state index >= 15 is 0 Å². The zero-order valence-electron chi connectivity index (χ0n) is 12.6. The number of fused-ring (bicyclic) bond motifs is 1. The number of H-pyrrole nitrogens is 1. The summed E-state index contributed by atoms with van der Waals surface area (Å²) in [4.78, 5) is 19.4. The summed E-state index contributed by atoms with van der Waals surface area (Å²) in [6.45, 7) is 0. The van der Waals surface area contributed by atoms with Crippen LogP contribution in [0.25, 0.3) is 27.8 Å². The molecule has 0 saturated heterocycles. The van der Waals surface area contributed by atoms with Crippen LogP contribution in [0.1, 0.15) is 5.56 Å². The van der Waals surface area contributed by atoms with Crippen LogP contribution in [0.3, 0.4) is 0 Å². The Kier molecular flexibility index (Phi) is 3.22. The Bertz CT molecular complexity index is 1130. The highest BCUT2D eigenvalue weighted by atomic mass is 16.1. The number of nitriles is 1. The summed E-state index contributed by atoms with van der Waals surface area (Å²) in [7, 11) is 0. The fourth-order valence-corrected chi connectivity index (χ4v) is 2.87. The number of hydrogen-bond acceptors (Lipinski definition) is 3. The second kappa shape index (κ2) is 5.52. The number of para-hydroxylation sites is 1. The van der Waals surface area contributed by atoms with Gasteiger partial charge in [-0.2, -0.15) is 5.26 Å². The third-order valence-electron chi connectivity index (χ3n) is 3.95. The zero-order valence-corrected chi connectivity index (χ0v) is 12.6. The summed E-state index contributed by atoms with van der Waals surface area (Å²) in [5.74, 6) is 0. The van der Waals surface area contributed by atoms with Gasteiger partial charge in [-0.3, -0.25) is 4.79 Å². The van der Waals surface area contributed by atoms with Gasteiger partial charge in [-0.25, -0.2) is 4.98 Å². The van der Waals surface area contributed by atoms with Crippen LogP contribution in [-0.4, -0.2) is 14.5 Å². The topological polar surface area (TPSA) is 74.5 Å². The minimum atomic E-state index is -0.218. The van der Waals surface area contributed by atoms with Crippen molar-refractivity contribution in [2.45, 2.75) is 0 Å². The van der Waals surface area contributed by atoms with Gasteiger partial charge in [-0.1, -0.05) is 36.4 Å². The number of aromatic amines is 1. The van der Waals surface area contributed by atoms with Crippen LogP contribution >= 0.6 is 0 Å². The molecule has 5 nitrogen and oxygen atoms in total. The van der Waals surface area contributed by atoms with Crippen molar-refractivity contribution in [1.29, 1.82) is 5.26 Å². The van der Waals surface area contributed by atoms with Crippen molar-refractivity contribution in [3.63, 3.8) is 0 Å². The van der Waals surface area contributed by atoms with E-state index in [4.69, 9.17) is 0 Å². The molecule has 2 aromatic carbocycles. The minimum absolute atomic E-state index is 0.218. The second-order valence-corrected chi connectivity index (χ2v) is 5.33. The van der Waals surface area contributed by atoms with Crippen LogP contribution in [0.2, 0.25) is 0 Å². The first kappa shape index (κ1) is 14.0. The average molecular weight is 312 g/mol. The van der Waals surface area contributed by atoms with E-state index in [9.17, 15) is 10.1 Å². The van der Waals surface area contributed by atoms with E-state index < -0.39 is 0 Å². The van der Waals surface area contributed by atoms with Gasteiger partial charge in [-0.05, 0) is 18.2 Å². The Morgan fingerprint density at radius 3 is 2.54 bits per heavy atom. The van der Waals surface area contributed by atoms with E-state index in [2.05, 4.69) is 16.0 Å². The number of nitrogens with zero attached hydrogens (tertiary/aromatic N) is 3. The Morgan fingerprint density at radius 1 is 1.00 bits per heavy atom. The van der Waals surface area contributed by atoms with Crippen molar-refractivity contribution < 1.29 is 0 Å². The van der Waals surface area contributed by atoms with Gasteiger partial charge in [0.1, 0.15) is 11.0 Å². The Hall–Kier alpha value is -3.65. The number of hydrogen-bond donors (Lipinski definition) is 1. The van der Waals surface area contributed by atoms with Gasteiger partial charge in [0.15, 0.2) is 0 Å². The molecular weight excluding hydrogens is 300 g/mol. The fourth-order valence-electron chi connectivity index (χ4n) is 2.87. The normalized spacial score (nSPS) is 10.6. The Labute approximate surface area is 137 Å². The molecule has 0 aliphatic carbocycles. The molecule has 0 aliphatic heterocycles. The van der Waals surface area contributed by atoms with Crippen LogP contribution in [-0.2, 0) is 0 Å². The predicted octanol–water partition coefficient (Wildman–Crippen LogP) is 3.25. The first-order chi connectivity index (χ1) is 11.8. The molecule has 0 aliphatic rings. The monoisotopic (exact) mass is 312 g/mol. The lowest BCUT2D eigenvalue weighted by atomic mass is 10.0. The number of rotatable bonds is 2. The molecule has 0 spiro atoms. The summed E-state index contributed by atoms with van der Waals surface area (Å²) >= 11 is 0. The van der Waals surface area contributed by atoms with Crippen molar-refractivity contribution in [2.75, 3.05) is 0 Å². The van der Waals surface area contributed by atoms with Crippen LogP contribution in [0.15, 0.2) is 71.9 Å². The number of benzene rings is 2. The van der Waals surface area contributed by atoms with E-state index in [0.29, 0.717) is 16.6 Å². The van der Waals surface area contributed by atoms with E-state index in [1.807, 2.05) is 59.3 Å². The van der Waals surface area contributed by atoms with Gasteiger partial charge in [0, 0.05) is 23.0 Å². The van der Waals surface area contributed by atoms with Crippen LogP contribution in [0.5, 0.6) is 0 Å². The van der Waals surface area contributed by atoms with Gasteiger partial charge < -0.3 is 9.55 Å². The maximum Gasteiger partial charge on any atom is 0.275 e. The molecule has 0 fully saturated rings. The van der Waals surface area contributed by atoms with Gasteiger partial charge in [0.05, 0.1) is 18.0 Å². The molecule has 0 radical (unpaired) electrons. The SMILES string of the molecule is N#Cc1ccccc1-c1cn(-c2ccccc2)c2c(=O)[nH]cnc12. The summed E-state index contributed by atoms with van der Waals surface area (Å²) < 4.78 is 1.81. The molecule has 0 saturated carbocycles. The van der Waals surface area contributed by atoms with Gasteiger partial charge in [0.2, 0.25) is 0 Å². The molecule has 0 atom stereocenters. The maximum absolute atomic E-state index is 12.4. The van der Waals surface area contributed by atoms with Crippen molar-refractivity contribution in [3.05, 3.63) is 83.0 Å². The van der Waals surface area contributed by atoms with E-state index in [1.165, 1.54) is 6.33 Å². The van der Waals surface area contributed by atoms with Crippen molar-refractivity contribution in [2.24, 2.45) is 0 Å². The second-order valence-electron chi connectivity index (χ2n) is 5.33. The van der Waals surface area contributed by atoms with E-state index in [0.717, 1.165) is 16.8 Å². The molecule has 2 aromatic heterocycles. The average Bonchev–Trinajstić information content (AvgIpc) is 3.03. The quantitative estimate of drug-likeness (QED) is 0.617. The number of aromatic nitrogens is 3. The van der Waals surface area contributed by atoms with Gasteiger partial charge in [-0.15, -0.1) is 0 Å². The summed E-state index contributed by atoms with van der Waals surface area (Å²) in [5, 5.41) is 9.39.